The van der Waals surface area contributed by atoms with Crippen LogP contribution in [-0.4, -0.2) is 35.2 Å². The topological polar surface area (TPSA) is 66.4 Å². The normalized spacial score (nSPS) is 13.3. The van der Waals surface area contributed by atoms with E-state index in [4.69, 9.17) is 5.11 Å². The van der Waals surface area contributed by atoms with Crippen LogP contribution in [0.3, 0.4) is 0 Å². The van der Waals surface area contributed by atoms with Crippen LogP contribution in [0.1, 0.15) is 21.8 Å². The highest BCUT2D eigenvalue weighted by molar-refractivity contribution is 7.80. The highest BCUT2D eigenvalue weighted by atomic mass is 32.1. The van der Waals surface area contributed by atoms with Crippen molar-refractivity contribution in [1.29, 1.82) is 0 Å². The van der Waals surface area contributed by atoms with Gasteiger partial charge in [0.05, 0.1) is 5.92 Å². The molecule has 0 aromatic heterocycles. The molecule has 0 saturated carbocycles. The minimum atomic E-state index is -0.973. The second-order valence-corrected chi connectivity index (χ2v) is 5.54. The molecule has 2 aromatic carbocycles. The maximum Gasteiger partial charge on any atom is 0.321 e. The van der Waals surface area contributed by atoms with Crippen molar-refractivity contribution in [3.05, 3.63) is 71.8 Å². The van der Waals surface area contributed by atoms with E-state index in [9.17, 15) is 9.59 Å². The highest BCUT2D eigenvalue weighted by Crippen LogP contribution is 2.20. The third-order valence-electron chi connectivity index (χ3n) is 3.63. The van der Waals surface area contributed by atoms with E-state index >= 15 is 0 Å². The monoisotopic (exact) mass is 329 g/mol. The van der Waals surface area contributed by atoms with Gasteiger partial charge in [0.1, 0.15) is 6.04 Å². The van der Waals surface area contributed by atoms with Gasteiger partial charge in [-0.15, -0.1) is 0 Å². The van der Waals surface area contributed by atoms with Crippen molar-refractivity contribution in [3.63, 3.8) is 0 Å². The first kappa shape index (κ1) is 17.2. The quantitative estimate of drug-likeness (QED) is 0.514. The molecule has 0 spiro atoms. The predicted molar refractivity (Wildman–Crippen MR) is 93.2 cm³/mol. The van der Waals surface area contributed by atoms with Gasteiger partial charge >= 0.3 is 5.97 Å². The zero-order chi connectivity index (χ0) is 16.7. The molecule has 1 unspecified atom stereocenters. The van der Waals surface area contributed by atoms with Crippen molar-refractivity contribution >= 4 is 24.4 Å². The number of hydrogen-bond donors (Lipinski definition) is 3. The first-order valence-electron chi connectivity index (χ1n) is 7.34. The summed E-state index contributed by atoms with van der Waals surface area (Å²) in [6.45, 7) is 0.245. The standard InChI is InChI=1S/C18H19NO3S/c20-17(14-9-5-2-6-10-14)15(13-7-3-1-4-8-13)11-19-16(12-23)18(21)22/h1-10,15-16,19,23H,11-12H2,(H,21,22)/t15?,16-/m0/s1. The molecule has 5 heteroatoms. The van der Waals surface area contributed by atoms with E-state index in [1.54, 1.807) is 12.1 Å². The van der Waals surface area contributed by atoms with E-state index in [2.05, 4.69) is 17.9 Å². The fraction of sp³-hybridized carbons (Fsp3) is 0.222. The number of ketones is 1. The van der Waals surface area contributed by atoms with Gasteiger partial charge in [-0.1, -0.05) is 60.7 Å². The Morgan fingerprint density at radius 1 is 1.00 bits per heavy atom. The Hall–Kier alpha value is -2.11. The van der Waals surface area contributed by atoms with Gasteiger partial charge in [0.25, 0.3) is 0 Å². The summed E-state index contributed by atoms with van der Waals surface area (Å²) in [5, 5.41) is 12.0. The van der Waals surface area contributed by atoms with Crippen LogP contribution in [0.25, 0.3) is 0 Å². The third-order valence-corrected chi connectivity index (χ3v) is 3.99. The average Bonchev–Trinajstić information content (AvgIpc) is 2.59. The zero-order valence-electron chi connectivity index (χ0n) is 12.6. The van der Waals surface area contributed by atoms with E-state index in [1.165, 1.54) is 0 Å². The predicted octanol–water partition coefficient (Wildman–Crippen LogP) is 2.63. The third kappa shape index (κ3) is 4.68. The van der Waals surface area contributed by atoms with Crippen LogP contribution in [0.15, 0.2) is 60.7 Å². The average molecular weight is 329 g/mol. The van der Waals surface area contributed by atoms with Gasteiger partial charge in [-0.2, -0.15) is 12.6 Å². The lowest BCUT2D eigenvalue weighted by Gasteiger charge is -2.20. The number of carboxylic acids is 1. The van der Waals surface area contributed by atoms with Gasteiger partial charge in [-0.25, -0.2) is 0 Å². The minimum Gasteiger partial charge on any atom is -0.480 e. The van der Waals surface area contributed by atoms with Gasteiger partial charge in [-0.3, -0.25) is 9.59 Å². The molecule has 2 atom stereocenters. The van der Waals surface area contributed by atoms with E-state index in [1.807, 2.05) is 48.5 Å². The van der Waals surface area contributed by atoms with Crippen LogP contribution in [0.4, 0.5) is 0 Å². The number of hydrogen-bond acceptors (Lipinski definition) is 4. The zero-order valence-corrected chi connectivity index (χ0v) is 13.4. The summed E-state index contributed by atoms with van der Waals surface area (Å²) in [5.74, 6) is -1.29. The fourth-order valence-electron chi connectivity index (χ4n) is 2.34. The number of carbonyl (C=O) groups is 2. The van der Waals surface area contributed by atoms with Crippen molar-refractivity contribution in [2.24, 2.45) is 0 Å². The van der Waals surface area contributed by atoms with Crippen molar-refractivity contribution in [1.82, 2.24) is 5.32 Å². The molecular weight excluding hydrogens is 310 g/mol. The molecule has 0 bridgehead atoms. The Morgan fingerprint density at radius 2 is 1.57 bits per heavy atom. The SMILES string of the molecule is O=C(c1ccccc1)C(CN[C@@H](CS)C(=O)O)c1ccccc1. The summed E-state index contributed by atoms with van der Waals surface area (Å²) < 4.78 is 0. The van der Waals surface area contributed by atoms with Crippen molar-refractivity contribution in [2.75, 3.05) is 12.3 Å². The molecule has 0 fully saturated rings. The van der Waals surface area contributed by atoms with Crippen LogP contribution >= 0.6 is 12.6 Å². The first-order valence-corrected chi connectivity index (χ1v) is 7.98. The molecule has 23 heavy (non-hydrogen) atoms. The molecular formula is C18H19NO3S. The number of nitrogens with one attached hydrogen (secondary N) is 1. The van der Waals surface area contributed by atoms with Gasteiger partial charge in [0.2, 0.25) is 0 Å². The molecule has 2 aromatic rings. The van der Waals surface area contributed by atoms with Gasteiger partial charge in [-0.05, 0) is 5.56 Å². The summed E-state index contributed by atoms with van der Waals surface area (Å²) >= 11 is 4.04. The first-order chi connectivity index (χ1) is 11.1. The Balaban J connectivity index is 2.22. The van der Waals surface area contributed by atoms with Gasteiger partial charge in [0, 0.05) is 17.9 Å². The van der Waals surface area contributed by atoms with Crippen LogP contribution in [0.5, 0.6) is 0 Å². The van der Waals surface area contributed by atoms with Crippen molar-refractivity contribution < 1.29 is 14.7 Å². The number of aliphatic carboxylic acids is 1. The molecule has 0 radical (unpaired) electrons. The number of Topliss-reactive ketones (excluding diaryl/α,β-unsaturated/α-hetero) is 1. The highest BCUT2D eigenvalue weighted by Gasteiger charge is 2.24. The number of rotatable bonds is 8. The van der Waals surface area contributed by atoms with Crippen LogP contribution in [0, 0.1) is 0 Å². The molecule has 0 aliphatic carbocycles. The van der Waals surface area contributed by atoms with Gasteiger partial charge in [0.15, 0.2) is 5.78 Å². The van der Waals surface area contributed by atoms with Crippen LogP contribution in [0.2, 0.25) is 0 Å². The summed E-state index contributed by atoms with van der Waals surface area (Å²) in [5.41, 5.74) is 1.47. The lowest BCUT2D eigenvalue weighted by molar-refractivity contribution is -0.138. The molecule has 0 aliphatic rings. The smallest absolute Gasteiger partial charge is 0.321 e. The fourth-order valence-corrected chi connectivity index (χ4v) is 2.63. The molecule has 0 aliphatic heterocycles. The second kappa shape index (κ2) is 8.50. The minimum absolute atomic E-state index is 0.0346. The number of carboxylic acid groups (broad SMARTS) is 1. The largest absolute Gasteiger partial charge is 0.480 e. The van der Waals surface area contributed by atoms with Crippen molar-refractivity contribution in [3.8, 4) is 0 Å². The number of carbonyl (C=O) groups excluding carboxylic acids is 1. The Bertz CT molecular complexity index is 646. The second-order valence-electron chi connectivity index (χ2n) is 5.18. The lowest BCUT2D eigenvalue weighted by atomic mass is 9.90. The summed E-state index contributed by atoms with van der Waals surface area (Å²) in [7, 11) is 0. The maximum absolute atomic E-state index is 12.8. The van der Waals surface area contributed by atoms with Crippen LogP contribution in [-0.2, 0) is 4.79 Å². The maximum atomic E-state index is 12.8. The Labute approximate surface area is 141 Å². The van der Waals surface area contributed by atoms with Crippen LogP contribution < -0.4 is 5.32 Å². The molecule has 2 N–H and O–H groups in total. The molecule has 0 heterocycles. The van der Waals surface area contributed by atoms with E-state index < -0.39 is 17.9 Å². The Morgan fingerprint density at radius 3 is 2.09 bits per heavy atom. The molecule has 2 rings (SSSR count). The number of benzene rings is 2. The summed E-state index contributed by atoms with van der Waals surface area (Å²) in [6, 6.07) is 17.6. The van der Waals surface area contributed by atoms with Crippen molar-refractivity contribution in [2.45, 2.75) is 12.0 Å². The number of thiol groups is 1. The summed E-state index contributed by atoms with van der Waals surface area (Å²) in [4.78, 5) is 23.9. The Kier molecular flexibility index (Phi) is 6.38. The molecule has 0 saturated heterocycles. The van der Waals surface area contributed by atoms with E-state index in [0.717, 1.165) is 5.56 Å². The molecule has 120 valence electrons. The van der Waals surface area contributed by atoms with E-state index in [-0.39, 0.29) is 18.1 Å². The summed E-state index contributed by atoms with van der Waals surface area (Å²) in [6.07, 6.45) is 0. The molecule has 0 amide bonds. The lowest BCUT2D eigenvalue weighted by Crippen LogP contribution is -2.41. The molecule has 4 nitrogen and oxygen atoms in total. The van der Waals surface area contributed by atoms with Gasteiger partial charge < -0.3 is 10.4 Å². The van der Waals surface area contributed by atoms with E-state index in [0.29, 0.717) is 5.56 Å².